The Bertz CT molecular complexity index is 2040. The Balaban J connectivity index is 0.000000152. The smallest absolute Gasteiger partial charge is 0.116 e. The Labute approximate surface area is 291 Å². The molecular weight excluding hydrogens is 631 g/mol. The SMILES string of the molecule is Oc1cccc(/C=C2/c3ccccc3CCc3cc(Cl)ccc32)c1.Oc1cccc(/C=C2\c3ccccc3CCc3cc(Cl)ccc32)c1. The average molecular weight is 666 g/mol. The molecule has 4 heteroatoms. The lowest BCUT2D eigenvalue weighted by molar-refractivity contribution is 0.474. The van der Waals surface area contributed by atoms with Crippen LogP contribution in [0.2, 0.25) is 10.0 Å². The van der Waals surface area contributed by atoms with Crippen molar-refractivity contribution in [3.8, 4) is 11.5 Å². The molecule has 0 atom stereocenters. The zero-order valence-electron chi connectivity index (χ0n) is 26.3. The molecule has 2 N–H and O–H groups in total. The van der Waals surface area contributed by atoms with Crippen molar-refractivity contribution in [1.82, 2.24) is 0 Å². The number of hydrogen-bond donors (Lipinski definition) is 2. The lowest BCUT2D eigenvalue weighted by Gasteiger charge is -2.12. The molecule has 6 aromatic carbocycles. The van der Waals surface area contributed by atoms with Gasteiger partial charge in [0.15, 0.2) is 0 Å². The van der Waals surface area contributed by atoms with Crippen molar-refractivity contribution in [2.24, 2.45) is 0 Å². The van der Waals surface area contributed by atoms with Crippen LogP contribution in [0.3, 0.4) is 0 Å². The van der Waals surface area contributed by atoms with Crippen LogP contribution in [-0.4, -0.2) is 10.2 Å². The monoisotopic (exact) mass is 664 g/mol. The van der Waals surface area contributed by atoms with E-state index in [2.05, 4.69) is 84.9 Å². The van der Waals surface area contributed by atoms with Gasteiger partial charge in [-0.25, -0.2) is 0 Å². The number of aryl methyl sites for hydroxylation is 4. The van der Waals surface area contributed by atoms with E-state index < -0.39 is 0 Å². The van der Waals surface area contributed by atoms with Gasteiger partial charge in [0.1, 0.15) is 11.5 Å². The van der Waals surface area contributed by atoms with Crippen LogP contribution in [0.25, 0.3) is 23.3 Å². The lowest BCUT2D eigenvalue weighted by atomic mass is 9.92. The van der Waals surface area contributed by atoms with E-state index in [1.807, 2.05) is 36.4 Å². The average Bonchev–Trinajstić information content (AvgIpc) is 3.33. The number of phenolic OH excluding ortho intramolecular Hbond substituents is 2. The molecule has 0 radical (unpaired) electrons. The summed E-state index contributed by atoms with van der Waals surface area (Å²) in [6.07, 6.45) is 8.25. The molecule has 0 saturated carbocycles. The molecule has 0 fully saturated rings. The zero-order chi connectivity index (χ0) is 33.0. The summed E-state index contributed by atoms with van der Waals surface area (Å²) in [6.45, 7) is 0. The topological polar surface area (TPSA) is 40.5 Å². The van der Waals surface area contributed by atoms with Gasteiger partial charge in [0.2, 0.25) is 0 Å². The summed E-state index contributed by atoms with van der Waals surface area (Å²) in [5.74, 6) is 0.560. The number of halogens is 2. The molecule has 6 aromatic rings. The predicted octanol–water partition coefficient (Wildman–Crippen LogP) is 11.5. The standard InChI is InChI=1S/2C22H17ClO/c2*23-18-10-11-21-17(14-18)9-8-16-5-1-2-7-20(16)22(21)13-15-4-3-6-19(24)12-15/h2*1-7,10-14,24H,8-9H2/b22-13+;22-13-. The van der Waals surface area contributed by atoms with Gasteiger partial charge in [-0.1, -0.05) is 108 Å². The third-order valence-electron chi connectivity index (χ3n) is 9.02. The molecule has 0 aromatic heterocycles. The molecule has 0 spiro atoms. The molecule has 0 aliphatic heterocycles. The Morgan fingerprint density at radius 3 is 1.23 bits per heavy atom. The van der Waals surface area contributed by atoms with Gasteiger partial charge in [0, 0.05) is 10.0 Å². The summed E-state index contributed by atoms with van der Waals surface area (Å²) in [6, 6.07) is 44.0. The quantitative estimate of drug-likeness (QED) is 0.193. The first-order valence-corrected chi connectivity index (χ1v) is 16.9. The molecule has 236 valence electrons. The second kappa shape index (κ2) is 14.0. The third-order valence-corrected chi connectivity index (χ3v) is 9.49. The van der Waals surface area contributed by atoms with Crippen molar-refractivity contribution in [3.05, 3.63) is 199 Å². The van der Waals surface area contributed by atoms with Gasteiger partial charge in [0.25, 0.3) is 0 Å². The molecule has 0 heterocycles. The number of rotatable bonds is 2. The Kier molecular flexibility index (Phi) is 9.20. The summed E-state index contributed by atoms with van der Waals surface area (Å²) in [5, 5.41) is 21.1. The van der Waals surface area contributed by atoms with Crippen molar-refractivity contribution < 1.29 is 10.2 Å². The first kappa shape index (κ1) is 31.6. The van der Waals surface area contributed by atoms with Crippen LogP contribution in [0, 0.1) is 0 Å². The normalized spacial score (nSPS) is 14.8. The molecule has 0 unspecified atom stereocenters. The lowest BCUT2D eigenvalue weighted by Crippen LogP contribution is -1.92. The highest BCUT2D eigenvalue weighted by Gasteiger charge is 2.19. The van der Waals surface area contributed by atoms with Gasteiger partial charge in [-0.05, 0) is 153 Å². The first-order chi connectivity index (χ1) is 23.4. The molecule has 8 rings (SSSR count). The van der Waals surface area contributed by atoms with Crippen molar-refractivity contribution in [2.45, 2.75) is 25.7 Å². The van der Waals surface area contributed by atoms with Gasteiger partial charge in [0.05, 0.1) is 0 Å². The summed E-state index contributed by atoms with van der Waals surface area (Å²) in [5.41, 5.74) is 14.5. The van der Waals surface area contributed by atoms with Crippen LogP contribution in [0.15, 0.2) is 133 Å². The molecule has 0 amide bonds. The molecule has 0 saturated heterocycles. The molecule has 48 heavy (non-hydrogen) atoms. The van der Waals surface area contributed by atoms with Crippen LogP contribution in [0.5, 0.6) is 11.5 Å². The summed E-state index contributed by atoms with van der Waals surface area (Å²) in [4.78, 5) is 0. The minimum absolute atomic E-state index is 0.280. The summed E-state index contributed by atoms with van der Waals surface area (Å²) >= 11 is 12.4. The number of hydrogen-bond acceptors (Lipinski definition) is 2. The largest absolute Gasteiger partial charge is 0.508 e. The second-order valence-electron chi connectivity index (χ2n) is 12.2. The number of aromatic hydroxyl groups is 2. The van der Waals surface area contributed by atoms with Gasteiger partial charge >= 0.3 is 0 Å². The second-order valence-corrected chi connectivity index (χ2v) is 13.1. The fraction of sp³-hybridized carbons (Fsp3) is 0.0909. The Hall–Kier alpha value is -5.02. The maximum absolute atomic E-state index is 9.78. The van der Waals surface area contributed by atoms with Gasteiger partial charge in [-0.2, -0.15) is 0 Å². The van der Waals surface area contributed by atoms with Crippen LogP contribution in [-0.2, 0) is 25.7 Å². The molecule has 2 aliphatic carbocycles. The Morgan fingerprint density at radius 1 is 0.396 bits per heavy atom. The van der Waals surface area contributed by atoms with Gasteiger partial charge in [-0.15, -0.1) is 0 Å². The first-order valence-electron chi connectivity index (χ1n) is 16.2. The van der Waals surface area contributed by atoms with Crippen molar-refractivity contribution >= 4 is 46.5 Å². The molecule has 2 aliphatic rings. The Morgan fingerprint density at radius 2 is 0.792 bits per heavy atom. The number of benzene rings is 6. The zero-order valence-corrected chi connectivity index (χ0v) is 27.8. The van der Waals surface area contributed by atoms with E-state index in [0.29, 0.717) is 0 Å². The third kappa shape index (κ3) is 6.96. The highest BCUT2D eigenvalue weighted by Crippen LogP contribution is 2.38. The fourth-order valence-electron chi connectivity index (χ4n) is 6.77. The predicted molar refractivity (Wildman–Crippen MR) is 201 cm³/mol. The van der Waals surface area contributed by atoms with E-state index in [4.69, 9.17) is 23.2 Å². The van der Waals surface area contributed by atoms with Gasteiger partial charge in [-0.3, -0.25) is 0 Å². The highest BCUT2D eigenvalue weighted by atomic mass is 35.5. The molecule has 0 bridgehead atoms. The highest BCUT2D eigenvalue weighted by molar-refractivity contribution is 6.31. The van der Waals surface area contributed by atoms with Crippen molar-refractivity contribution in [2.75, 3.05) is 0 Å². The molecule has 2 nitrogen and oxygen atoms in total. The minimum atomic E-state index is 0.280. The van der Waals surface area contributed by atoms with Crippen LogP contribution < -0.4 is 0 Å². The van der Waals surface area contributed by atoms with Gasteiger partial charge < -0.3 is 10.2 Å². The maximum atomic E-state index is 9.78. The van der Waals surface area contributed by atoms with Crippen molar-refractivity contribution in [1.29, 1.82) is 0 Å². The maximum Gasteiger partial charge on any atom is 0.116 e. The van der Waals surface area contributed by atoms with E-state index in [9.17, 15) is 10.2 Å². The minimum Gasteiger partial charge on any atom is -0.508 e. The summed E-state index contributed by atoms with van der Waals surface area (Å²) < 4.78 is 0. The van der Waals surface area contributed by atoms with E-state index in [0.717, 1.165) is 46.9 Å². The molecular formula is C44H34Cl2O2. The van der Waals surface area contributed by atoms with Crippen molar-refractivity contribution in [3.63, 3.8) is 0 Å². The fourth-order valence-corrected chi connectivity index (χ4v) is 7.16. The van der Waals surface area contributed by atoms with Crippen LogP contribution >= 0.6 is 23.2 Å². The van der Waals surface area contributed by atoms with E-state index in [1.54, 1.807) is 24.3 Å². The van der Waals surface area contributed by atoms with Crippen LogP contribution in [0.1, 0.15) is 55.6 Å². The summed E-state index contributed by atoms with van der Waals surface area (Å²) in [7, 11) is 0. The van der Waals surface area contributed by atoms with E-state index in [1.165, 1.54) is 55.7 Å². The van der Waals surface area contributed by atoms with E-state index >= 15 is 0 Å². The number of fused-ring (bicyclic) bond motifs is 4. The van der Waals surface area contributed by atoms with E-state index in [-0.39, 0.29) is 11.5 Å². The number of phenols is 2. The van der Waals surface area contributed by atoms with Crippen LogP contribution in [0.4, 0.5) is 0 Å².